The highest BCUT2D eigenvalue weighted by Gasteiger charge is 2.29. The summed E-state index contributed by atoms with van der Waals surface area (Å²) in [5.74, 6) is 0. The highest BCUT2D eigenvalue weighted by Crippen LogP contribution is 2.34. The van der Waals surface area contributed by atoms with Gasteiger partial charge in [0.15, 0.2) is 0 Å². The summed E-state index contributed by atoms with van der Waals surface area (Å²) in [5, 5.41) is 3.74. The highest BCUT2D eigenvalue weighted by molar-refractivity contribution is 6.21. The van der Waals surface area contributed by atoms with Crippen molar-refractivity contribution in [3.8, 4) is 0 Å². The zero-order valence-corrected chi connectivity index (χ0v) is 10.7. The number of halogens is 1. The summed E-state index contributed by atoms with van der Waals surface area (Å²) in [5.41, 5.74) is 2.77. The molecule has 3 heteroatoms. The van der Waals surface area contributed by atoms with Crippen LogP contribution in [0.3, 0.4) is 0 Å². The van der Waals surface area contributed by atoms with Crippen molar-refractivity contribution in [3.63, 3.8) is 0 Å². The fraction of sp³-hybridized carbons (Fsp3) is 0.538. The number of benzene rings is 1. The first kappa shape index (κ1) is 11.9. The van der Waals surface area contributed by atoms with Crippen LogP contribution in [0.1, 0.15) is 17.2 Å². The molecule has 0 aromatic heterocycles. The van der Waals surface area contributed by atoms with Crippen molar-refractivity contribution < 1.29 is 0 Å². The molecule has 1 aliphatic rings. The average molecular weight is 239 g/mol. The maximum atomic E-state index is 6.38. The molecule has 1 aliphatic carbocycles. The Bertz CT molecular complexity index is 352. The number of rotatable bonds is 4. The zero-order chi connectivity index (χ0) is 11.5. The van der Waals surface area contributed by atoms with E-state index in [2.05, 4.69) is 48.6 Å². The lowest BCUT2D eigenvalue weighted by atomic mass is 10.1. The van der Waals surface area contributed by atoms with Gasteiger partial charge in [0.25, 0.3) is 0 Å². The van der Waals surface area contributed by atoms with Crippen LogP contribution in [0.2, 0.25) is 0 Å². The van der Waals surface area contributed by atoms with Crippen LogP contribution < -0.4 is 5.32 Å². The maximum absolute atomic E-state index is 6.38. The standard InChI is InChI=1S/C13H19ClN2/c1-16(2)8-7-15-13-11-6-4-3-5-10(11)9-12(13)14/h3-6,12-13,15H,7-9H2,1-2H3. The third kappa shape index (κ3) is 2.57. The second-order valence-corrected chi connectivity index (χ2v) is 5.21. The Morgan fingerprint density at radius 2 is 2.12 bits per heavy atom. The summed E-state index contributed by atoms with van der Waals surface area (Å²) in [6.45, 7) is 2.03. The molecule has 0 fully saturated rings. The fourth-order valence-corrected chi connectivity index (χ4v) is 2.62. The Morgan fingerprint density at radius 1 is 1.38 bits per heavy atom. The second-order valence-electron chi connectivity index (χ2n) is 4.65. The number of nitrogens with one attached hydrogen (secondary N) is 1. The molecule has 0 spiro atoms. The van der Waals surface area contributed by atoms with Gasteiger partial charge in [-0.3, -0.25) is 0 Å². The van der Waals surface area contributed by atoms with Gasteiger partial charge in [-0.15, -0.1) is 11.6 Å². The molecule has 0 heterocycles. The number of hydrogen-bond acceptors (Lipinski definition) is 2. The summed E-state index contributed by atoms with van der Waals surface area (Å²) in [7, 11) is 4.17. The Balaban J connectivity index is 1.99. The monoisotopic (exact) mass is 238 g/mol. The highest BCUT2D eigenvalue weighted by atomic mass is 35.5. The number of nitrogens with zero attached hydrogens (tertiary/aromatic N) is 1. The molecule has 0 bridgehead atoms. The second kappa shape index (κ2) is 5.17. The van der Waals surface area contributed by atoms with E-state index < -0.39 is 0 Å². The van der Waals surface area contributed by atoms with Crippen LogP contribution in [0.5, 0.6) is 0 Å². The smallest absolute Gasteiger partial charge is 0.0571 e. The molecule has 2 unspecified atom stereocenters. The van der Waals surface area contributed by atoms with Crippen LogP contribution in [0.15, 0.2) is 24.3 Å². The van der Waals surface area contributed by atoms with Gasteiger partial charge in [-0.05, 0) is 31.6 Å². The number of alkyl halides is 1. The molecule has 2 nitrogen and oxygen atoms in total. The minimum atomic E-state index is 0.194. The first-order valence-corrected chi connectivity index (χ1v) is 6.22. The van der Waals surface area contributed by atoms with Crippen LogP contribution in [-0.2, 0) is 6.42 Å². The van der Waals surface area contributed by atoms with Crippen LogP contribution in [0.4, 0.5) is 0 Å². The summed E-state index contributed by atoms with van der Waals surface area (Å²) in [6, 6.07) is 8.86. The molecule has 0 aliphatic heterocycles. The Morgan fingerprint density at radius 3 is 2.88 bits per heavy atom. The van der Waals surface area contributed by atoms with Gasteiger partial charge in [0.1, 0.15) is 0 Å². The first-order chi connectivity index (χ1) is 7.68. The van der Waals surface area contributed by atoms with Gasteiger partial charge >= 0.3 is 0 Å². The molecule has 0 saturated heterocycles. The van der Waals surface area contributed by atoms with Crippen molar-refractivity contribution in [3.05, 3.63) is 35.4 Å². The normalized spacial score (nSPS) is 23.8. The van der Waals surface area contributed by atoms with Gasteiger partial charge in [0.2, 0.25) is 0 Å². The predicted octanol–water partition coefficient (Wildman–Crippen LogP) is 2.04. The third-order valence-corrected chi connectivity index (χ3v) is 3.50. The lowest BCUT2D eigenvalue weighted by Crippen LogP contribution is -2.32. The van der Waals surface area contributed by atoms with E-state index in [-0.39, 0.29) is 5.38 Å². The quantitative estimate of drug-likeness (QED) is 0.808. The van der Waals surface area contributed by atoms with Crippen molar-refractivity contribution in [1.82, 2.24) is 10.2 Å². The fourth-order valence-electron chi connectivity index (χ4n) is 2.23. The van der Waals surface area contributed by atoms with E-state index in [0.717, 1.165) is 19.5 Å². The Kier molecular flexibility index (Phi) is 3.85. The average Bonchev–Trinajstić information content (AvgIpc) is 2.55. The molecule has 2 rings (SSSR count). The van der Waals surface area contributed by atoms with E-state index in [0.29, 0.717) is 6.04 Å². The molecule has 0 amide bonds. The van der Waals surface area contributed by atoms with Crippen molar-refractivity contribution in [2.24, 2.45) is 0 Å². The van der Waals surface area contributed by atoms with E-state index in [1.807, 2.05) is 0 Å². The van der Waals surface area contributed by atoms with Crippen LogP contribution in [0, 0.1) is 0 Å². The molecular formula is C13H19ClN2. The van der Waals surface area contributed by atoms with Crippen molar-refractivity contribution >= 4 is 11.6 Å². The largest absolute Gasteiger partial charge is 0.308 e. The maximum Gasteiger partial charge on any atom is 0.0571 e. The third-order valence-electron chi connectivity index (χ3n) is 3.09. The molecule has 2 atom stereocenters. The first-order valence-electron chi connectivity index (χ1n) is 5.78. The van der Waals surface area contributed by atoms with Gasteiger partial charge in [-0.2, -0.15) is 0 Å². The molecule has 1 aromatic carbocycles. The van der Waals surface area contributed by atoms with Crippen molar-refractivity contribution in [2.45, 2.75) is 17.8 Å². The summed E-state index contributed by atoms with van der Waals surface area (Å²) >= 11 is 6.38. The lowest BCUT2D eigenvalue weighted by molar-refractivity contribution is 0.385. The molecule has 0 radical (unpaired) electrons. The van der Waals surface area contributed by atoms with E-state index >= 15 is 0 Å². The molecule has 1 N–H and O–H groups in total. The molecular weight excluding hydrogens is 220 g/mol. The van der Waals surface area contributed by atoms with Gasteiger partial charge in [0, 0.05) is 19.1 Å². The Hall–Kier alpha value is -0.570. The van der Waals surface area contributed by atoms with Gasteiger partial charge in [-0.1, -0.05) is 24.3 Å². The van der Waals surface area contributed by atoms with Gasteiger partial charge in [0.05, 0.1) is 5.38 Å². The minimum absolute atomic E-state index is 0.194. The van der Waals surface area contributed by atoms with E-state index in [1.54, 1.807) is 0 Å². The van der Waals surface area contributed by atoms with Gasteiger partial charge in [-0.25, -0.2) is 0 Å². The number of likely N-dealkylation sites (N-methyl/N-ethyl adjacent to an activating group) is 1. The van der Waals surface area contributed by atoms with E-state index in [9.17, 15) is 0 Å². The van der Waals surface area contributed by atoms with Crippen molar-refractivity contribution in [2.75, 3.05) is 27.2 Å². The van der Waals surface area contributed by atoms with Crippen LogP contribution >= 0.6 is 11.6 Å². The molecule has 1 aromatic rings. The lowest BCUT2D eigenvalue weighted by Gasteiger charge is -2.19. The zero-order valence-electron chi connectivity index (χ0n) is 9.91. The SMILES string of the molecule is CN(C)CCNC1c2ccccc2CC1Cl. The van der Waals surface area contributed by atoms with Crippen LogP contribution in [0.25, 0.3) is 0 Å². The number of hydrogen-bond donors (Lipinski definition) is 1. The van der Waals surface area contributed by atoms with E-state index in [1.165, 1.54) is 11.1 Å². The predicted molar refractivity (Wildman–Crippen MR) is 69.1 cm³/mol. The topological polar surface area (TPSA) is 15.3 Å². The summed E-state index contributed by atoms with van der Waals surface area (Å²) in [6.07, 6.45) is 0.983. The molecule has 0 saturated carbocycles. The molecule has 88 valence electrons. The van der Waals surface area contributed by atoms with Crippen molar-refractivity contribution in [1.29, 1.82) is 0 Å². The summed E-state index contributed by atoms with van der Waals surface area (Å²) < 4.78 is 0. The molecule has 16 heavy (non-hydrogen) atoms. The Labute approximate surface area is 103 Å². The van der Waals surface area contributed by atoms with Gasteiger partial charge < -0.3 is 10.2 Å². The minimum Gasteiger partial charge on any atom is -0.308 e. The summed E-state index contributed by atoms with van der Waals surface area (Å²) in [4.78, 5) is 2.18. The number of fused-ring (bicyclic) bond motifs is 1. The van der Waals surface area contributed by atoms with E-state index in [4.69, 9.17) is 11.6 Å². The van der Waals surface area contributed by atoms with Crippen LogP contribution in [-0.4, -0.2) is 37.5 Å².